The first kappa shape index (κ1) is 22.6. The number of hydrogen-bond acceptors (Lipinski definition) is 8. The van der Waals surface area contributed by atoms with Gasteiger partial charge in [-0.15, -0.1) is 10.2 Å². The van der Waals surface area contributed by atoms with Crippen LogP contribution in [0, 0.1) is 6.92 Å². The average molecular weight is 458 g/mol. The van der Waals surface area contributed by atoms with Crippen molar-refractivity contribution in [1.82, 2.24) is 15.1 Å². The van der Waals surface area contributed by atoms with Gasteiger partial charge < -0.3 is 20.3 Å². The highest BCUT2D eigenvalue weighted by Crippen LogP contribution is 2.28. The highest BCUT2D eigenvalue weighted by atomic mass is 32.2. The summed E-state index contributed by atoms with van der Waals surface area (Å²) in [6.45, 7) is 1.96. The molecule has 8 nitrogen and oxygen atoms in total. The predicted molar refractivity (Wildman–Crippen MR) is 124 cm³/mol. The summed E-state index contributed by atoms with van der Waals surface area (Å²) in [5.41, 5.74) is 2.68. The Kier molecular flexibility index (Phi) is 7.85. The second-order valence-corrected chi connectivity index (χ2v) is 8.88. The molecule has 162 valence electrons. The number of aromatic nitrogens is 2. The molecule has 1 aromatic heterocycles. The van der Waals surface area contributed by atoms with E-state index in [0.29, 0.717) is 15.2 Å². The number of rotatable bonds is 9. The fourth-order valence-corrected chi connectivity index (χ4v) is 4.20. The Hall–Kier alpha value is -3.11. The number of aryl methyl sites for hydroxylation is 1. The van der Waals surface area contributed by atoms with Crippen molar-refractivity contribution in [2.75, 3.05) is 37.1 Å². The van der Waals surface area contributed by atoms with Crippen LogP contribution in [0.5, 0.6) is 5.75 Å². The van der Waals surface area contributed by atoms with Gasteiger partial charge >= 0.3 is 0 Å². The van der Waals surface area contributed by atoms with Gasteiger partial charge in [0.2, 0.25) is 16.9 Å². The third kappa shape index (κ3) is 6.97. The van der Waals surface area contributed by atoms with Gasteiger partial charge in [0.05, 0.1) is 19.4 Å². The summed E-state index contributed by atoms with van der Waals surface area (Å²) in [5, 5.41) is 14.8. The molecule has 2 aromatic carbocycles. The van der Waals surface area contributed by atoms with Crippen LogP contribution in [0.15, 0.2) is 52.9 Å². The lowest BCUT2D eigenvalue weighted by Gasteiger charge is -2.16. The highest BCUT2D eigenvalue weighted by Gasteiger charge is 2.15. The number of nitrogens with one attached hydrogen (secondary N) is 2. The molecule has 0 spiro atoms. The van der Waals surface area contributed by atoms with E-state index in [0.717, 1.165) is 17.0 Å². The van der Waals surface area contributed by atoms with Crippen LogP contribution in [-0.4, -0.2) is 53.4 Å². The van der Waals surface area contributed by atoms with Crippen LogP contribution in [0.25, 0.3) is 0 Å². The molecule has 0 saturated heterocycles. The van der Waals surface area contributed by atoms with E-state index in [9.17, 15) is 9.59 Å². The highest BCUT2D eigenvalue weighted by molar-refractivity contribution is 8.01. The molecule has 1 heterocycles. The minimum absolute atomic E-state index is 0.0202. The maximum absolute atomic E-state index is 12.4. The van der Waals surface area contributed by atoms with Crippen LogP contribution in [0.2, 0.25) is 0 Å². The Morgan fingerprint density at radius 3 is 2.42 bits per heavy atom. The summed E-state index contributed by atoms with van der Waals surface area (Å²) in [4.78, 5) is 25.9. The summed E-state index contributed by atoms with van der Waals surface area (Å²) >= 11 is 2.65. The van der Waals surface area contributed by atoms with E-state index in [1.807, 2.05) is 55.5 Å². The van der Waals surface area contributed by atoms with Gasteiger partial charge in [-0.2, -0.15) is 0 Å². The van der Waals surface area contributed by atoms with Gasteiger partial charge in [0.15, 0.2) is 4.34 Å². The fraction of sp³-hybridized carbons (Fsp3) is 0.238. The minimum Gasteiger partial charge on any atom is -0.497 e. The molecule has 0 atom stereocenters. The Labute approximate surface area is 189 Å². The molecular formula is C21H23N5O3S2. The zero-order valence-corrected chi connectivity index (χ0v) is 19.0. The summed E-state index contributed by atoms with van der Waals surface area (Å²) in [6, 6.07) is 15.0. The Balaban J connectivity index is 1.44. The molecule has 0 radical (unpaired) electrons. The first-order valence-corrected chi connectivity index (χ1v) is 11.2. The standard InChI is InChI=1S/C21H23N5O3S2/c1-14-4-6-15(7-5-14)22-18(27)12-26(2)19(28)13-30-21-25-24-20(31-21)23-16-8-10-17(29-3)11-9-16/h4-11H,12-13H2,1-3H3,(H,22,27)(H,23,24). The number of carbonyl (C=O) groups excluding carboxylic acids is 2. The van der Waals surface area contributed by atoms with Gasteiger partial charge in [-0.1, -0.05) is 40.8 Å². The second kappa shape index (κ2) is 10.8. The second-order valence-electron chi connectivity index (χ2n) is 6.68. The number of ether oxygens (including phenoxy) is 1. The number of nitrogens with zero attached hydrogens (tertiary/aromatic N) is 3. The predicted octanol–water partition coefficient (Wildman–Crippen LogP) is 3.79. The van der Waals surface area contributed by atoms with Crippen LogP contribution in [0.4, 0.5) is 16.5 Å². The lowest BCUT2D eigenvalue weighted by Crippen LogP contribution is -2.35. The smallest absolute Gasteiger partial charge is 0.243 e. The Bertz CT molecular complexity index is 1020. The molecule has 2 N–H and O–H groups in total. The first-order valence-electron chi connectivity index (χ1n) is 9.41. The van der Waals surface area contributed by atoms with E-state index in [1.165, 1.54) is 28.0 Å². The van der Waals surface area contributed by atoms with Crippen LogP contribution >= 0.6 is 23.1 Å². The molecule has 0 unspecified atom stereocenters. The monoisotopic (exact) mass is 457 g/mol. The van der Waals surface area contributed by atoms with Crippen LogP contribution < -0.4 is 15.4 Å². The SMILES string of the molecule is COc1ccc(Nc2nnc(SCC(=O)N(C)CC(=O)Nc3ccc(C)cc3)s2)cc1. The van der Waals surface area contributed by atoms with E-state index in [-0.39, 0.29) is 24.1 Å². The van der Waals surface area contributed by atoms with Crippen molar-refractivity contribution in [3.05, 3.63) is 54.1 Å². The molecule has 0 saturated carbocycles. The Morgan fingerprint density at radius 1 is 1.06 bits per heavy atom. The summed E-state index contributed by atoms with van der Waals surface area (Å²) in [6.07, 6.45) is 0. The van der Waals surface area contributed by atoms with Crippen molar-refractivity contribution in [2.24, 2.45) is 0 Å². The van der Waals surface area contributed by atoms with Crippen LogP contribution in [-0.2, 0) is 9.59 Å². The first-order chi connectivity index (χ1) is 14.9. The molecule has 31 heavy (non-hydrogen) atoms. The van der Waals surface area contributed by atoms with E-state index in [4.69, 9.17) is 4.74 Å². The van der Waals surface area contributed by atoms with Crippen molar-refractivity contribution >= 4 is 51.4 Å². The largest absolute Gasteiger partial charge is 0.497 e. The van der Waals surface area contributed by atoms with E-state index in [1.54, 1.807) is 14.2 Å². The number of hydrogen-bond donors (Lipinski definition) is 2. The number of amides is 2. The molecule has 0 bridgehead atoms. The third-order valence-electron chi connectivity index (χ3n) is 4.21. The van der Waals surface area contributed by atoms with E-state index < -0.39 is 0 Å². The lowest BCUT2D eigenvalue weighted by atomic mass is 10.2. The van der Waals surface area contributed by atoms with Crippen LogP contribution in [0.1, 0.15) is 5.56 Å². The van der Waals surface area contributed by atoms with Crippen molar-refractivity contribution in [3.63, 3.8) is 0 Å². The number of anilines is 3. The van der Waals surface area contributed by atoms with Gasteiger partial charge in [-0.05, 0) is 43.3 Å². The van der Waals surface area contributed by atoms with Gasteiger partial charge in [-0.3, -0.25) is 9.59 Å². The molecule has 0 aliphatic carbocycles. The van der Waals surface area contributed by atoms with Gasteiger partial charge in [0, 0.05) is 18.4 Å². The van der Waals surface area contributed by atoms with E-state index >= 15 is 0 Å². The topological polar surface area (TPSA) is 96.4 Å². The molecule has 0 fully saturated rings. The molecule has 3 aromatic rings. The van der Waals surface area contributed by atoms with Gasteiger partial charge in [0.1, 0.15) is 5.75 Å². The quantitative estimate of drug-likeness (QED) is 0.472. The van der Waals surface area contributed by atoms with Crippen LogP contribution in [0.3, 0.4) is 0 Å². The molecular weight excluding hydrogens is 434 g/mol. The maximum atomic E-state index is 12.4. The normalized spacial score (nSPS) is 10.4. The van der Waals surface area contributed by atoms with Crippen molar-refractivity contribution in [2.45, 2.75) is 11.3 Å². The van der Waals surface area contributed by atoms with Crippen molar-refractivity contribution < 1.29 is 14.3 Å². The number of thioether (sulfide) groups is 1. The van der Waals surface area contributed by atoms with Gasteiger partial charge in [-0.25, -0.2) is 0 Å². The molecule has 0 aliphatic heterocycles. The van der Waals surface area contributed by atoms with E-state index in [2.05, 4.69) is 20.8 Å². The maximum Gasteiger partial charge on any atom is 0.243 e. The van der Waals surface area contributed by atoms with Crippen molar-refractivity contribution in [1.29, 1.82) is 0 Å². The molecule has 0 aliphatic rings. The summed E-state index contributed by atoms with van der Waals surface area (Å²) < 4.78 is 5.81. The number of carbonyl (C=O) groups is 2. The zero-order chi connectivity index (χ0) is 22.2. The fourth-order valence-electron chi connectivity index (χ4n) is 2.49. The molecule has 2 amide bonds. The average Bonchev–Trinajstić information content (AvgIpc) is 3.21. The number of benzene rings is 2. The molecule has 10 heteroatoms. The third-order valence-corrected chi connectivity index (χ3v) is 6.17. The molecule has 3 rings (SSSR count). The number of methoxy groups -OCH3 is 1. The number of likely N-dealkylation sites (N-methyl/N-ethyl adjacent to an activating group) is 1. The zero-order valence-electron chi connectivity index (χ0n) is 17.4. The van der Waals surface area contributed by atoms with Gasteiger partial charge in [0.25, 0.3) is 0 Å². The summed E-state index contributed by atoms with van der Waals surface area (Å²) in [7, 11) is 3.22. The Morgan fingerprint density at radius 2 is 1.74 bits per heavy atom. The summed E-state index contributed by atoms with van der Waals surface area (Å²) in [5.74, 6) is 0.538. The van der Waals surface area contributed by atoms with Crippen molar-refractivity contribution in [3.8, 4) is 5.75 Å². The minimum atomic E-state index is -0.244. The lowest BCUT2D eigenvalue weighted by molar-refractivity contribution is -0.131.